The van der Waals surface area contributed by atoms with Gasteiger partial charge in [0.2, 0.25) is 5.91 Å². The minimum atomic E-state index is -0.666. The summed E-state index contributed by atoms with van der Waals surface area (Å²) < 4.78 is 0. The van der Waals surface area contributed by atoms with E-state index in [1.54, 1.807) is 23.1 Å². The monoisotopic (exact) mass is 355 g/mol. The minimum Gasteiger partial charge on any atom is -0.328 e. The molecule has 2 aromatic rings. The van der Waals surface area contributed by atoms with Gasteiger partial charge in [0, 0.05) is 17.8 Å². The summed E-state index contributed by atoms with van der Waals surface area (Å²) in [7, 11) is 0. The van der Waals surface area contributed by atoms with Crippen molar-refractivity contribution in [2.24, 2.45) is 0 Å². The van der Waals surface area contributed by atoms with Gasteiger partial charge in [0.1, 0.15) is 0 Å². The summed E-state index contributed by atoms with van der Waals surface area (Å²) in [6.45, 7) is 4.30. The maximum absolute atomic E-state index is 13.2. The van der Waals surface area contributed by atoms with Crippen molar-refractivity contribution in [3.05, 3.63) is 45.6 Å². The van der Waals surface area contributed by atoms with Gasteiger partial charge in [-0.15, -0.1) is 0 Å². The Kier molecular flexibility index (Phi) is 3.71. The van der Waals surface area contributed by atoms with Crippen molar-refractivity contribution in [1.29, 1.82) is 0 Å². The van der Waals surface area contributed by atoms with Crippen LogP contribution in [-0.4, -0.2) is 38.4 Å². The Bertz CT molecular complexity index is 942. The second kappa shape index (κ2) is 5.82. The number of aromatic amines is 2. The van der Waals surface area contributed by atoms with Crippen molar-refractivity contribution >= 4 is 17.5 Å². The average Bonchev–Trinajstić information content (AvgIpc) is 3.16. The van der Waals surface area contributed by atoms with Crippen LogP contribution >= 0.6 is 0 Å². The maximum atomic E-state index is 13.2. The number of carbonyl (C=O) groups excluding carboxylic acids is 2. The van der Waals surface area contributed by atoms with Gasteiger partial charge in [-0.3, -0.25) is 14.6 Å². The van der Waals surface area contributed by atoms with Crippen molar-refractivity contribution in [1.82, 2.24) is 20.1 Å². The van der Waals surface area contributed by atoms with Gasteiger partial charge in [-0.25, -0.2) is 9.89 Å². The highest BCUT2D eigenvalue weighted by Crippen LogP contribution is 2.38. The van der Waals surface area contributed by atoms with Crippen molar-refractivity contribution in [2.45, 2.75) is 44.6 Å². The highest BCUT2D eigenvalue weighted by Gasteiger charge is 2.39. The van der Waals surface area contributed by atoms with Gasteiger partial charge in [0.15, 0.2) is 5.82 Å². The molecule has 2 amide bonds. The topological polar surface area (TPSA) is 111 Å². The molecule has 4 rings (SSSR count). The predicted octanol–water partition coefficient (Wildman–Crippen LogP) is 1.70. The van der Waals surface area contributed by atoms with Gasteiger partial charge >= 0.3 is 5.69 Å². The lowest BCUT2D eigenvalue weighted by atomic mass is 9.85. The van der Waals surface area contributed by atoms with E-state index in [-0.39, 0.29) is 23.5 Å². The number of nitrogens with one attached hydrogen (secondary N) is 3. The zero-order valence-electron chi connectivity index (χ0n) is 14.8. The molecular weight excluding hydrogens is 334 g/mol. The molecule has 0 bridgehead atoms. The first-order valence-corrected chi connectivity index (χ1v) is 8.79. The van der Waals surface area contributed by atoms with Crippen LogP contribution in [0.1, 0.15) is 60.9 Å². The van der Waals surface area contributed by atoms with Gasteiger partial charge in [0.05, 0.1) is 11.5 Å². The molecule has 1 saturated heterocycles. The Hall–Kier alpha value is -2.90. The Morgan fingerprint density at radius 2 is 2.08 bits per heavy atom. The predicted molar refractivity (Wildman–Crippen MR) is 94.9 cm³/mol. The quantitative estimate of drug-likeness (QED) is 0.761. The lowest BCUT2D eigenvalue weighted by Gasteiger charge is -2.34. The standard InChI is InChI=1S/C18H21N5O3/c1-18(2)11-9-10(6-7-12(11)19-16(18)25)15(24)23-8-4-3-5-13(23)14-20-17(26)22-21-14/h6-7,9,13H,3-5,8H2,1-2H3,(H,19,25)(H2,20,21,22,26). The summed E-state index contributed by atoms with van der Waals surface area (Å²) in [6, 6.07) is 5.07. The van der Waals surface area contributed by atoms with Crippen LogP contribution in [0.25, 0.3) is 0 Å². The molecule has 136 valence electrons. The lowest BCUT2D eigenvalue weighted by Crippen LogP contribution is -2.39. The smallest absolute Gasteiger partial charge is 0.328 e. The summed E-state index contributed by atoms with van der Waals surface area (Å²) in [4.78, 5) is 41.1. The van der Waals surface area contributed by atoms with E-state index in [2.05, 4.69) is 20.5 Å². The number of nitrogens with zero attached hydrogens (tertiary/aromatic N) is 2. The normalized spacial score (nSPS) is 21.4. The summed E-state index contributed by atoms with van der Waals surface area (Å²) in [5.74, 6) is 0.305. The fraction of sp³-hybridized carbons (Fsp3) is 0.444. The number of aromatic nitrogens is 3. The van der Waals surface area contributed by atoms with Gasteiger partial charge in [0.25, 0.3) is 5.91 Å². The van der Waals surface area contributed by atoms with Gasteiger partial charge < -0.3 is 10.2 Å². The second-order valence-electron chi connectivity index (χ2n) is 7.41. The zero-order chi connectivity index (χ0) is 18.5. The molecule has 8 heteroatoms. The fourth-order valence-corrected chi connectivity index (χ4v) is 3.77. The number of benzene rings is 1. The molecule has 0 radical (unpaired) electrons. The van der Waals surface area contributed by atoms with Gasteiger partial charge in [-0.05, 0) is 56.9 Å². The third-order valence-electron chi connectivity index (χ3n) is 5.35. The number of hydrogen-bond donors (Lipinski definition) is 3. The second-order valence-corrected chi connectivity index (χ2v) is 7.41. The largest absolute Gasteiger partial charge is 0.340 e. The Balaban J connectivity index is 1.68. The minimum absolute atomic E-state index is 0.0676. The van der Waals surface area contributed by atoms with Crippen molar-refractivity contribution < 1.29 is 9.59 Å². The Morgan fingerprint density at radius 3 is 2.81 bits per heavy atom. The number of anilines is 1. The first-order chi connectivity index (χ1) is 12.4. The SMILES string of the molecule is CC1(C)C(=O)Nc2ccc(C(=O)N3CCCCC3c3n[nH]c(=O)[nH]3)cc21. The molecule has 2 aliphatic heterocycles. The van der Waals surface area contributed by atoms with E-state index in [1.165, 1.54) is 0 Å². The third kappa shape index (κ3) is 2.53. The average molecular weight is 355 g/mol. The molecule has 8 nitrogen and oxygen atoms in total. The first-order valence-electron chi connectivity index (χ1n) is 8.79. The number of amides is 2. The summed E-state index contributed by atoms with van der Waals surface area (Å²) in [5, 5.41) is 9.24. The Labute approximate surface area is 150 Å². The van der Waals surface area contributed by atoms with E-state index in [0.717, 1.165) is 30.5 Å². The number of fused-ring (bicyclic) bond motifs is 1. The molecule has 1 aromatic heterocycles. The lowest BCUT2D eigenvalue weighted by molar-refractivity contribution is -0.119. The van der Waals surface area contributed by atoms with Crippen LogP contribution in [0.3, 0.4) is 0 Å². The van der Waals surface area contributed by atoms with E-state index in [0.29, 0.717) is 17.9 Å². The molecule has 1 fully saturated rings. The molecule has 3 N–H and O–H groups in total. The summed E-state index contributed by atoms with van der Waals surface area (Å²) >= 11 is 0. The van der Waals surface area contributed by atoms with Gasteiger partial charge in [-0.2, -0.15) is 5.10 Å². The van der Waals surface area contributed by atoms with E-state index in [1.807, 2.05) is 13.8 Å². The van der Waals surface area contributed by atoms with E-state index >= 15 is 0 Å². The molecule has 3 heterocycles. The molecule has 1 atom stereocenters. The fourth-order valence-electron chi connectivity index (χ4n) is 3.77. The molecule has 1 unspecified atom stereocenters. The van der Waals surface area contributed by atoms with Crippen LogP contribution in [0.5, 0.6) is 0 Å². The van der Waals surface area contributed by atoms with Crippen LogP contribution in [0.4, 0.5) is 5.69 Å². The highest BCUT2D eigenvalue weighted by atomic mass is 16.2. The number of rotatable bonds is 2. The summed E-state index contributed by atoms with van der Waals surface area (Å²) in [5.41, 5.74) is 1.08. The van der Waals surface area contributed by atoms with Crippen LogP contribution in [0.2, 0.25) is 0 Å². The van der Waals surface area contributed by atoms with Crippen molar-refractivity contribution in [2.75, 3.05) is 11.9 Å². The Morgan fingerprint density at radius 1 is 1.27 bits per heavy atom. The van der Waals surface area contributed by atoms with Crippen LogP contribution in [-0.2, 0) is 10.2 Å². The molecule has 1 aromatic carbocycles. The van der Waals surface area contributed by atoms with Crippen LogP contribution < -0.4 is 11.0 Å². The van der Waals surface area contributed by atoms with Crippen LogP contribution in [0.15, 0.2) is 23.0 Å². The van der Waals surface area contributed by atoms with Crippen LogP contribution in [0, 0.1) is 0 Å². The van der Waals surface area contributed by atoms with E-state index < -0.39 is 5.41 Å². The number of likely N-dealkylation sites (tertiary alicyclic amines) is 1. The molecular formula is C18H21N5O3. The third-order valence-corrected chi connectivity index (χ3v) is 5.35. The number of H-pyrrole nitrogens is 2. The molecule has 2 aliphatic rings. The number of carbonyl (C=O) groups is 2. The number of piperidine rings is 1. The van der Waals surface area contributed by atoms with E-state index in [9.17, 15) is 14.4 Å². The molecule has 0 aliphatic carbocycles. The van der Waals surface area contributed by atoms with Crippen molar-refractivity contribution in [3.63, 3.8) is 0 Å². The zero-order valence-corrected chi connectivity index (χ0v) is 14.8. The van der Waals surface area contributed by atoms with Crippen molar-refractivity contribution in [3.8, 4) is 0 Å². The molecule has 26 heavy (non-hydrogen) atoms. The molecule has 0 spiro atoms. The highest BCUT2D eigenvalue weighted by molar-refractivity contribution is 6.07. The molecule has 0 saturated carbocycles. The maximum Gasteiger partial charge on any atom is 0.340 e. The van der Waals surface area contributed by atoms with Gasteiger partial charge in [-0.1, -0.05) is 0 Å². The summed E-state index contributed by atoms with van der Waals surface area (Å²) in [6.07, 6.45) is 2.63. The number of hydrogen-bond acceptors (Lipinski definition) is 4. The van der Waals surface area contributed by atoms with E-state index in [4.69, 9.17) is 0 Å². The first kappa shape index (κ1) is 16.6.